The molecule has 0 saturated heterocycles. The third-order valence-electron chi connectivity index (χ3n) is 4.30. The van der Waals surface area contributed by atoms with Gasteiger partial charge in [-0.1, -0.05) is 23.2 Å². The Bertz CT molecular complexity index is 1480. The van der Waals surface area contributed by atoms with Crippen molar-refractivity contribution in [2.75, 3.05) is 5.32 Å². The summed E-state index contributed by atoms with van der Waals surface area (Å²) in [6.07, 6.45) is 1.46. The zero-order chi connectivity index (χ0) is 22.8. The Kier molecular flexibility index (Phi) is 5.92. The Morgan fingerprint density at radius 1 is 1.22 bits per heavy atom. The van der Waals surface area contributed by atoms with Crippen molar-refractivity contribution >= 4 is 62.5 Å². The number of thiazole rings is 1. The predicted molar refractivity (Wildman–Crippen MR) is 124 cm³/mol. The minimum Gasteiger partial charge on any atom is -0.422 e. The summed E-state index contributed by atoms with van der Waals surface area (Å²) in [6, 6.07) is 12.3. The van der Waals surface area contributed by atoms with Gasteiger partial charge in [-0.15, -0.1) is 11.3 Å². The van der Waals surface area contributed by atoms with E-state index in [-0.39, 0.29) is 22.4 Å². The minimum absolute atomic E-state index is 0.127. The van der Waals surface area contributed by atoms with Crippen LogP contribution in [0.1, 0.15) is 5.01 Å². The Labute approximate surface area is 194 Å². The van der Waals surface area contributed by atoms with Crippen molar-refractivity contribution in [2.24, 2.45) is 0 Å². The molecule has 11 heteroatoms. The fourth-order valence-corrected chi connectivity index (χ4v) is 4.17. The maximum atomic E-state index is 12.4. The lowest BCUT2D eigenvalue weighted by Crippen LogP contribution is -2.03. The van der Waals surface area contributed by atoms with Crippen molar-refractivity contribution in [3.05, 3.63) is 89.6 Å². The number of nitro benzene ring substituents is 1. The van der Waals surface area contributed by atoms with E-state index in [0.717, 1.165) is 11.3 Å². The number of hydrogen-bond acceptors (Lipinski definition) is 8. The third-order valence-corrected chi connectivity index (χ3v) is 5.62. The van der Waals surface area contributed by atoms with Gasteiger partial charge in [-0.2, -0.15) is 5.26 Å². The number of nitrogens with one attached hydrogen (secondary N) is 1. The van der Waals surface area contributed by atoms with Crippen LogP contribution in [0.15, 0.2) is 63.3 Å². The number of aromatic nitrogens is 1. The molecule has 0 amide bonds. The maximum Gasteiger partial charge on any atom is 0.345 e. The Hall–Kier alpha value is -3.71. The lowest BCUT2D eigenvalue weighted by atomic mass is 10.1. The number of halogens is 2. The Balaban J connectivity index is 1.68. The summed E-state index contributed by atoms with van der Waals surface area (Å²) < 4.78 is 5.28. The normalized spacial score (nSPS) is 11.3. The van der Waals surface area contributed by atoms with E-state index >= 15 is 0 Å². The molecule has 0 saturated carbocycles. The van der Waals surface area contributed by atoms with Gasteiger partial charge in [-0.3, -0.25) is 10.1 Å². The summed E-state index contributed by atoms with van der Waals surface area (Å²) in [7, 11) is 0. The van der Waals surface area contributed by atoms with Gasteiger partial charge >= 0.3 is 5.63 Å². The summed E-state index contributed by atoms with van der Waals surface area (Å²) in [6.45, 7) is 0. The SMILES string of the molecule is N#CC(=CNc1cc(Cl)cc(Cl)c1)c1nc(-c2cc3cc([N+](=O)[O-])ccc3oc2=O)cs1. The molecule has 0 spiro atoms. The van der Waals surface area contributed by atoms with Crippen LogP contribution in [0.4, 0.5) is 11.4 Å². The molecule has 158 valence electrons. The third kappa shape index (κ3) is 4.48. The zero-order valence-corrected chi connectivity index (χ0v) is 18.2. The molecule has 4 rings (SSSR count). The van der Waals surface area contributed by atoms with E-state index in [2.05, 4.69) is 16.4 Å². The summed E-state index contributed by atoms with van der Waals surface area (Å²) >= 11 is 13.1. The monoisotopic (exact) mass is 484 g/mol. The van der Waals surface area contributed by atoms with Crippen LogP contribution in [0.2, 0.25) is 10.0 Å². The van der Waals surface area contributed by atoms with Gasteiger partial charge in [0.2, 0.25) is 0 Å². The van der Waals surface area contributed by atoms with Crippen LogP contribution in [0, 0.1) is 21.4 Å². The highest BCUT2D eigenvalue weighted by atomic mass is 35.5. The second kappa shape index (κ2) is 8.80. The second-order valence-electron chi connectivity index (χ2n) is 6.44. The molecule has 0 bridgehead atoms. The molecule has 0 aliphatic carbocycles. The van der Waals surface area contributed by atoms with Gasteiger partial charge in [-0.25, -0.2) is 9.78 Å². The highest BCUT2D eigenvalue weighted by Crippen LogP contribution is 2.28. The molecule has 1 N–H and O–H groups in total. The van der Waals surface area contributed by atoms with E-state index in [4.69, 9.17) is 27.6 Å². The first-order valence-electron chi connectivity index (χ1n) is 8.85. The smallest absolute Gasteiger partial charge is 0.345 e. The molecular weight excluding hydrogens is 475 g/mol. The fraction of sp³-hybridized carbons (Fsp3) is 0. The van der Waals surface area contributed by atoms with Crippen LogP contribution in [0.5, 0.6) is 0 Å². The van der Waals surface area contributed by atoms with E-state index < -0.39 is 10.5 Å². The van der Waals surface area contributed by atoms with Crippen molar-refractivity contribution in [3.8, 4) is 17.3 Å². The van der Waals surface area contributed by atoms with Gasteiger partial charge in [0, 0.05) is 44.8 Å². The molecule has 0 aliphatic heterocycles. The number of benzene rings is 2. The molecule has 0 atom stereocenters. The van der Waals surface area contributed by atoms with Crippen LogP contribution in [0.25, 0.3) is 27.8 Å². The van der Waals surface area contributed by atoms with Gasteiger partial charge < -0.3 is 9.73 Å². The number of nitrogens with zero attached hydrogens (tertiary/aromatic N) is 3. The number of hydrogen-bond donors (Lipinski definition) is 1. The minimum atomic E-state index is -0.641. The highest BCUT2D eigenvalue weighted by molar-refractivity contribution is 7.11. The number of nitro groups is 1. The topological polar surface area (TPSA) is 122 Å². The van der Waals surface area contributed by atoms with Crippen LogP contribution in [-0.4, -0.2) is 9.91 Å². The molecule has 32 heavy (non-hydrogen) atoms. The lowest BCUT2D eigenvalue weighted by molar-refractivity contribution is -0.384. The van der Waals surface area contributed by atoms with E-state index in [1.54, 1.807) is 23.6 Å². The van der Waals surface area contributed by atoms with Crippen LogP contribution in [-0.2, 0) is 0 Å². The van der Waals surface area contributed by atoms with Crippen molar-refractivity contribution in [2.45, 2.75) is 0 Å². The number of nitriles is 1. The summed E-state index contributed by atoms with van der Waals surface area (Å²) in [5.74, 6) is 0. The van der Waals surface area contributed by atoms with Crippen molar-refractivity contribution < 1.29 is 9.34 Å². The van der Waals surface area contributed by atoms with E-state index in [9.17, 15) is 20.2 Å². The summed E-state index contributed by atoms with van der Waals surface area (Å²) in [5.41, 5.74) is 0.686. The largest absolute Gasteiger partial charge is 0.422 e. The average molecular weight is 485 g/mol. The number of rotatable bonds is 5. The second-order valence-corrected chi connectivity index (χ2v) is 8.17. The molecule has 8 nitrogen and oxygen atoms in total. The molecule has 0 fully saturated rings. The first-order chi connectivity index (χ1) is 15.3. The summed E-state index contributed by atoms with van der Waals surface area (Å²) in [5, 5.41) is 26.7. The molecule has 0 radical (unpaired) electrons. The lowest BCUT2D eigenvalue weighted by Gasteiger charge is -2.03. The summed E-state index contributed by atoms with van der Waals surface area (Å²) in [4.78, 5) is 27.3. The predicted octanol–water partition coefficient (Wildman–Crippen LogP) is 6.11. The Morgan fingerprint density at radius 3 is 2.66 bits per heavy atom. The van der Waals surface area contributed by atoms with Gasteiger partial charge in [0.05, 0.1) is 16.2 Å². The number of non-ortho nitro benzene ring substituents is 1. The van der Waals surface area contributed by atoms with Crippen LogP contribution >= 0.6 is 34.5 Å². The van der Waals surface area contributed by atoms with Gasteiger partial charge in [0.1, 0.15) is 22.2 Å². The standard InChI is InChI=1S/C21H10Cl2N4O4S/c22-13-5-14(23)7-15(6-13)25-9-12(8-24)20-26-18(10-32-20)17-4-11-3-16(27(29)30)1-2-19(11)31-21(17)28/h1-7,9-10,25H. The van der Waals surface area contributed by atoms with Gasteiger partial charge in [-0.05, 0) is 30.3 Å². The van der Waals surface area contributed by atoms with Gasteiger partial charge in [0.15, 0.2) is 0 Å². The van der Waals surface area contributed by atoms with Gasteiger partial charge in [0.25, 0.3) is 5.69 Å². The molecule has 2 heterocycles. The van der Waals surface area contributed by atoms with Crippen molar-refractivity contribution in [1.82, 2.24) is 4.98 Å². The molecule has 4 aromatic rings. The first-order valence-corrected chi connectivity index (χ1v) is 10.5. The quantitative estimate of drug-likeness (QED) is 0.157. The molecule has 0 aliphatic rings. The average Bonchev–Trinajstić information content (AvgIpc) is 3.22. The zero-order valence-electron chi connectivity index (χ0n) is 15.8. The highest BCUT2D eigenvalue weighted by Gasteiger charge is 2.15. The van der Waals surface area contributed by atoms with E-state index in [1.807, 2.05) is 0 Å². The maximum absolute atomic E-state index is 12.4. The van der Waals surface area contributed by atoms with Crippen LogP contribution < -0.4 is 10.9 Å². The molecule has 0 unspecified atom stereocenters. The van der Waals surface area contributed by atoms with Crippen LogP contribution in [0.3, 0.4) is 0 Å². The molecule has 2 aromatic carbocycles. The number of fused-ring (bicyclic) bond motifs is 1. The van der Waals surface area contributed by atoms with Crippen molar-refractivity contribution in [1.29, 1.82) is 5.26 Å². The number of allylic oxidation sites excluding steroid dienone is 1. The Morgan fingerprint density at radius 2 is 1.97 bits per heavy atom. The first kappa shape index (κ1) is 21.5. The fourth-order valence-electron chi connectivity index (χ4n) is 2.86. The van der Waals surface area contributed by atoms with Crippen molar-refractivity contribution in [3.63, 3.8) is 0 Å². The molecular formula is C21H10Cl2N4O4S. The van der Waals surface area contributed by atoms with E-state index in [1.165, 1.54) is 30.5 Å². The molecule has 2 aromatic heterocycles. The number of anilines is 1. The van der Waals surface area contributed by atoms with E-state index in [0.29, 0.717) is 31.8 Å².